The zero-order valence-electron chi connectivity index (χ0n) is 12.5. The van der Waals surface area contributed by atoms with Crippen LogP contribution >= 0.6 is 12.2 Å². The lowest BCUT2D eigenvalue weighted by atomic mass is 9.83. The van der Waals surface area contributed by atoms with E-state index in [2.05, 4.69) is 66.1 Å². The Morgan fingerprint density at radius 1 is 1.00 bits per heavy atom. The Balaban J connectivity index is 1.84. The van der Waals surface area contributed by atoms with E-state index in [4.69, 9.17) is 12.2 Å². The van der Waals surface area contributed by atoms with Crippen LogP contribution in [0.4, 0.5) is 0 Å². The summed E-state index contributed by atoms with van der Waals surface area (Å²) in [7, 11) is 0. The van der Waals surface area contributed by atoms with Gasteiger partial charge >= 0.3 is 0 Å². The van der Waals surface area contributed by atoms with Gasteiger partial charge in [0.2, 0.25) is 0 Å². The molecule has 0 spiro atoms. The Kier molecular flexibility index (Phi) is 3.23. The van der Waals surface area contributed by atoms with Gasteiger partial charge in [0.1, 0.15) is 0 Å². The topological polar surface area (TPSA) is 24.1 Å². The number of nitrogens with one attached hydrogen (secondary N) is 2. The summed E-state index contributed by atoms with van der Waals surface area (Å²) in [6.07, 6.45) is 2.15. The third-order valence-electron chi connectivity index (χ3n) is 4.54. The summed E-state index contributed by atoms with van der Waals surface area (Å²) in [4.78, 5) is 0. The van der Waals surface area contributed by atoms with E-state index in [-0.39, 0.29) is 6.04 Å². The molecule has 0 aromatic heterocycles. The first-order chi connectivity index (χ1) is 10.7. The highest BCUT2D eigenvalue weighted by molar-refractivity contribution is 7.80. The molecule has 22 heavy (non-hydrogen) atoms. The van der Waals surface area contributed by atoms with Gasteiger partial charge in [-0.05, 0) is 48.7 Å². The lowest BCUT2D eigenvalue weighted by Crippen LogP contribution is -2.44. The normalized spacial score (nSPS) is 19.9. The summed E-state index contributed by atoms with van der Waals surface area (Å²) >= 11 is 5.45. The van der Waals surface area contributed by atoms with Gasteiger partial charge in [-0.1, -0.05) is 54.1 Å². The van der Waals surface area contributed by atoms with Crippen molar-refractivity contribution >= 4 is 23.0 Å². The van der Waals surface area contributed by atoms with Gasteiger partial charge in [-0.15, -0.1) is 0 Å². The van der Waals surface area contributed by atoms with Crippen LogP contribution in [0.25, 0.3) is 5.70 Å². The lowest BCUT2D eigenvalue weighted by Gasteiger charge is -2.35. The number of rotatable bonds is 1. The molecule has 0 saturated carbocycles. The number of thiocarbonyl (C=S) groups is 1. The number of benzene rings is 2. The van der Waals surface area contributed by atoms with Crippen LogP contribution in [0.1, 0.15) is 34.7 Å². The molecule has 3 heteroatoms. The predicted octanol–water partition coefficient (Wildman–Crippen LogP) is 3.87. The van der Waals surface area contributed by atoms with E-state index in [1.54, 1.807) is 0 Å². The van der Waals surface area contributed by atoms with E-state index in [1.807, 2.05) is 0 Å². The van der Waals surface area contributed by atoms with Crippen LogP contribution in [-0.2, 0) is 6.42 Å². The molecule has 0 saturated heterocycles. The smallest absolute Gasteiger partial charge is 0.171 e. The molecule has 110 valence electrons. The molecule has 1 atom stereocenters. The van der Waals surface area contributed by atoms with E-state index < -0.39 is 0 Å². The van der Waals surface area contributed by atoms with Crippen LogP contribution in [0.2, 0.25) is 0 Å². The van der Waals surface area contributed by atoms with Crippen molar-refractivity contribution in [3.8, 4) is 0 Å². The maximum Gasteiger partial charge on any atom is 0.171 e. The maximum atomic E-state index is 5.45. The molecule has 0 unspecified atom stereocenters. The van der Waals surface area contributed by atoms with E-state index in [1.165, 1.54) is 33.5 Å². The molecule has 0 amide bonds. The summed E-state index contributed by atoms with van der Waals surface area (Å²) in [5.41, 5.74) is 7.88. The summed E-state index contributed by atoms with van der Waals surface area (Å²) in [6, 6.07) is 17.5. The van der Waals surface area contributed by atoms with E-state index >= 15 is 0 Å². The first-order valence-electron chi connectivity index (χ1n) is 7.68. The Morgan fingerprint density at radius 2 is 1.77 bits per heavy atom. The monoisotopic (exact) mass is 306 g/mol. The lowest BCUT2D eigenvalue weighted by molar-refractivity contribution is 0.667. The molecule has 2 aromatic rings. The highest BCUT2D eigenvalue weighted by Crippen LogP contribution is 2.38. The van der Waals surface area contributed by atoms with Crippen LogP contribution in [0.15, 0.2) is 54.1 Å². The molecule has 0 bridgehead atoms. The van der Waals surface area contributed by atoms with Gasteiger partial charge in [-0.2, -0.15) is 0 Å². The number of fused-ring (bicyclic) bond motifs is 2. The second-order valence-electron chi connectivity index (χ2n) is 6.00. The second kappa shape index (κ2) is 5.25. The van der Waals surface area contributed by atoms with Crippen molar-refractivity contribution in [2.45, 2.75) is 25.8 Å². The van der Waals surface area contributed by atoms with Crippen molar-refractivity contribution in [2.24, 2.45) is 0 Å². The highest BCUT2D eigenvalue weighted by atomic mass is 32.1. The van der Waals surface area contributed by atoms with Crippen molar-refractivity contribution < 1.29 is 0 Å². The minimum atomic E-state index is 0.178. The Hall–Kier alpha value is -2.13. The fraction of sp³-hybridized carbons (Fsp3) is 0.211. The number of hydrogen-bond acceptors (Lipinski definition) is 1. The van der Waals surface area contributed by atoms with Crippen LogP contribution in [0.3, 0.4) is 0 Å². The summed E-state index contributed by atoms with van der Waals surface area (Å²) in [5.74, 6) is 0. The van der Waals surface area contributed by atoms with Gasteiger partial charge in [0, 0.05) is 11.3 Å². The fourth-order valence-electron chi connectivity index (χ4n) is 3.40. The number of aryl methyl sites for hydroxylation is 2. The molecule has 2 N–H and O–H groups in total. The average Bonchev–Trinajstić information content (AvgIpc) is 2.55. The molecular formula is C19H18N2S. The van der Waals surface area contributed by atoms with Gasteiger partial charge in [-0.3, -0.25) is 0 Å². The van der Waals surface area contributed by atoms with Crippen LogP contribution in [0, 0.1) is 6.92 Å². The van der Waals surface area contributed by atoms with Crippen molar-refractivity contribution in [2.75, 3.05) is 0 Å². The standard InChI is InChI=1S/C19H18N2S/c1-12-6-8-14(9-7-12)17-16-11-10-13-4-2-3-5-15(13)18(16)21-19(22)20-17/h2-9,17H,10-11H2,1H3,(H2,20,21,22)/t17-/m0/s1. The molecule has 1 aliphatic heterocycles. The predicted molar refractivity (Wildman–Crippen MR) is 94.5 cm³/mol. The molecule has 4 rings (SSSR count). The maximum absolute atomic E-state index is 5.45. The Morgan fingerprint density at radius 3 is 2.59 bits per heavy atom. The molecule has 2 aliphatic rings. The van der Waals surface area contributed by atoms with E-state index in [0.717, 1.165) is 12.8 Å². The minimum absolute atomic E-state index is 0.178. The van der Waals surface area contributed by atoms with Crippen molar-refractivity contribution in [1.29, 1.82) is 0 Å². The Labute approximate surface area is 136 Å². The van der Waals surface area contributed by atoms with E-state index in [9.17, 15) is 0 Å². The average molecular weight is 306 g/mol. The highest BCUT2D eigenvalue weighted by Gasteiger charge is 2.30. The van der Waals surface area contributed by atoms with Gasteiger partial charge in [-0.25, -0.2) is 0 Å². The summed E-state index contributed by atoms with van der Waals surface area (Å²) in [5, 5.41) is 7.54. The summed E-state index contributed by atoms with van der Waals surface area (Å²) < 4.78 is 0. The number of hydrogen-bond donors (Lipinski definition) is 2. The third kappa shape index (κ3) is 2.22. The van der Waals surface area contributed by atoms with Crippen LogP contribution in [0.5, 0.6) is 0 Å². The second-order valence-corrected chi connectivity index (χ2v) is 6.41. The third-order valence-corrected chi connectivity index (χ3v) is 4.76. The van der Waals surface area contributed by atoms with Crippen molar-refractivity contribution in [3.05, 3.63) is 76.4 Å². The van der Waals surface area contributed by atoms with Crippen molar-refractivity contribution in [3.63, 3.8) is 0 Å². The van der Waals surface area contributed by atoms with Gasteiger partial charge in [0.05, 0.1) is 6.04 Å². The minimum Gasteiger partial charge on any atom is -0.352 e. The van der Waals surface area contributed by atoms with Gasteiger partial charge in [0.15, 0.2) is 5.11 Å². The zero-order chi connectivity index (χ0) is 15.1. The molecule has 2 nitrogen and oxygen atoms in total. The van der Waals surface area contributed by atoms with Crippen molar-refractivity contribution in [1.82, 2.24) is 10.6 Å². The SMILES string of the molecule is Cc1ccc([C@@H]2NC(=S)NC3=C2CCc2ccccc23)cc1. The molecule has 1 heterocycles. The quantitative estimate of drug-likeness (QED) is 0.782. The fourth-order valence-corrected chi connectivity index (χ4v) is 3.62. The molecular weight excluding hydrogens is 288 g/mol. The molecule has 2 aromatic carbocycles. The van der Waals surface area contributed by atoms with Crippen LogP contribution < -0.4 is 10.6 Å². The first-order valence-corrected chi connectivity index (χ1v) is 8.08. The van der Waals surface area contributed by atoms with Gasteiger partial charge < -0.3 is 10.6 Å². The van der Waals surface area contributed by atoms with E-state index in [0.29, 0.717) is 5.11 Å². The zero-order valence-corrected chi connectivity index (χ0v) is 13.3. The van der Waals surface area contributed by atoms with Gasteiger partial charge in [0.25, 0.3) is 0 Å². The Bertz CT molecular complexity index is 774. The largest absolute Gasteiger partial charge is 0.352 e. The molecule has 1 aliphatic carbocycles. The first kappa shape index (κ1) is 13.5. The molecule has 0 fully saturated rings. The molecule has 0 radical (unpaired) electrons. The van der Waals surface area contributed by atoms with Crippen LogP contribution in [-0.4, -0.2) is 5.11 Å². The summed E-state index contributed by atoms with van der Waals surface area (Å²) in [6.45, 7) is 2.12.